The summed E-state index contributed by atoms with van der Waals surface area (Å²) in [5.41, 5.74) is 0. The lowest BCUT2D eigenvalue weighted by Crippen LogP contribution is -2.15. The van der Waals surface area contributed by atoms with Gasteiger partial charge in [0.05, 0.1) is 51.1 Å². The van der Waals surface area contributed by atoms with E-state index in [0.29, 0.717) is 39.6 Å². The van der Waals surface area contributed by atoms with Crippen molar-refractivity contribution in [1.29, 1.82) is 0 Å². The Hall–Kier alpha value is -1.97. The fourth-order valence-electron chi connectivity index (χ4n) is 2.13. The molecule has 0 aliphatic heterocycles. The van der Waals surface area contributed by atoms with Crippen LogP contribution in [-0.2, 0) is 28.5 Å². The van der Waals surface area contributed by atoms with E-state index in [-0.39, 0.29) is 18.1 Å². The molecule has 0 spiro atoms. The molecule has 2 aromatic rings. The maximum Gasteiger partial charge on any atom is 0.297 e. The van der Waals surface area contributed by atoms with E-state index >= 15 is 0 Å². The molecule has 8 heteroatoms. The molecule has 7 nitrogen and oxygen atoms in total. The molecule has 154 valence electrons. The molecule has 0 bridgehead atoms. The summed E-state index contributed by atoms with van der Waals surface area (Å²) in [6.07, 6.45) is 0. The van der Waals surface area contributed by atoms with Gasteiger partial charge in [0, 0.05) is 0 Å². The number of para-hydroxylation sites is 1. The Morgan fingerprint density at radius 2 is 1.04 bits per heavy atom. The van der Waals surface area contributed by atoms with Gasteiger partial charge in [-0.15, -0.1) is 0 Å². The van der Waals surface area contributed by atoms with Gasteiger partial charge in [0.2, 0.25) is 0 Å². The first-order valence-corrected chi connectivity index (χ1v) is 10.4. The van der Waals surface area contributed by atoms with Gasteiger partial charge in [-0.25, -0.2) is 0 Å². The third kappa shape index (κ3) is 9.29. The second-order valence-corrected chi connectivity index (χ2v) is 7.20. The van der Waals surface area contributed by atoms with Gasteiger partial charge in [-0.3, -0.25) is 4.18 Å². The summed E-state index contributed by atoms with van der Waals surface area (Å²) in [5, 5.41) is 0. The molecule has 0 aliphatic rings. The monoisotopic (exact) mass is 410 g/mol. The molecule has 0 heterocycles. The Bertz CT molecular complexity index is 736. The van der Waals surface area contributed by atoms with Gasteiger partial charge in [0.25, 0.3) is 10.1 Å². The third-order valence-electron chi connectivity index (χ3n) is 3.48. The predicted octanol–water partition coefficient (Wildman–Crippen LogP) is 2.52. The van der Waals surface area contributed by atoms with Crippen LogP contribution in [-0.4, -0.2) is 61.3 Å². The van der Waals surface area contributed by atoms with Gasteiger partial charge >= 0.3 is 0 Å². The minimum atomic E-state index is -3.73. The van der Waals surface area contributed by atoms with Crippen LogP contribution >= 0.6 is 0 Å². The first-order chi connectivity index (χ1) is 13.7. The fourth-order valence-corrected chi connectivity index (χ4v) is 3.05. The lowest BCUT2D eigenvalue weighted by molar-refractivity contribution is 0.00528. The number of benzene rings is 2. The highest BCUT2D eigenvalue weighted by atomic mass is 32.2. The summed E-state index contributed by atoms with van der Waals surface area (Å²) in [5.74, 6) is 0.819. The molecule has 0 unspecified atom stereocenters. The average Bonchev–Trinajstić information content (AvgIpc) is 2.73. The van der Waals surface area contributed by atoms with Crippen LogP contribution in [0.2, 0.25) is 0 Å². The van der Waals surface area contributed by atoms with Crippen LogP contribution in [0.15, 0.2) is 65.6 Å². The van der Waals surface area contributed by atoms with Gasteiger partial charge in [-0.2, -0.15) is 8.42 Å². The summed E-state index contributed by atoms with van der Waals surface area (Å²) < 4.78 is 50.2. The Morgan fingerprint density at radius 3 is 1.61 bits per heavy atom. The van der Waals surface area contributed by atoms with Crippen LogP contribution in [0.1, 0.15) is 0 Å². The topological polar surface area (TPSA) is 80.3 Å². The molecule has 0 atom stereocenters. The smallest absolute Gasteiger partial charge is 0.297 e. The number of ether oxygens (including phenoxy) is 4. The Labute approximate surface area is 166 Å². The van der Waals surface area contributed by atoms with Crippen LogP contribution in [0.4, 0.5) is 0 Å². The largest absolute Gasteiger partial charge is 0.491 e. The molecule has 0 N–H and O–H groups in total. The summed E-state index contributed by atoms with van der Waals surface area (Å²) >= 11 is 0. The van der Waals surface area contributed by atoms with Crippen LogP contribution in [0.25, 0.3) is 0 Å². The summed E-state index contributed by atoms with van der Waals surface area (Å²) in [7, 11) is -3.73. The molecule has 2 aromatic carbocycles. The molecule has 0 fully saturated rings. The first-order valence-electron chi connectivity index (χ1n) is 9.04. The summed E-state index contributed by atoms with van der Waals surface area (Å²) in [4.78, 5) is 0.132. The summed E-state index contributed by atoms with van der Waals surface area (Å²) in [6.45, 7) is 2.77. The molecule has 0 amide bonds. The van der Waals surface area contributed by atoms with Crippen molar-refractivity contribution < 1.29 is 31.5 Å². The van der Waals surface area contributed by atoms with E-state index in [1.54, 1.807) is 18.2 Å². The van der Waals surface area contributed by atoms with Gasteiger partial charge in [-0.1, -0.05) is 36.4 Å². The molecule has 28 heavy (non-hydrogen) atoms. The van der Waals surface area contributed by atoms with Crippen molar-refractivity contribution in [2.45, 2.75) is 4.90 Å². The van der Waals surface area contributed by atoms with Crippen LogP contribution in [0.3, 0.4) is 0 Å². The van der Waals surface area contributed by atoms with Crippen molar-refractivity contribution in [3.63, 3.8) is 0 Å². The molecule has 0 aromatic heterocycles. The molecular formula is C20H26O7S. The SMILES string of the molecule is O=S(=O)(OCCOCCOCCOCCOc1ccccc1)c1ccccc1. The van der Waals surface area contributed by atoms with E-state index in [2.05, 4.69) is 0 Å². The molecular weight excluding hydrogens is 384 g/mol. The maximum absolute atomic E-state index is 11.9. The summed E-state index contributed by atoms with van der Waals surface area (Å²) in [6, 6.07) is 17.6. The second kappa shape index (κ2) is 13.2. The highest BCUT2D eigenvalue weighted by Gasteiger charge is 2.13. The maximum atomic E-state index is 11.9. The Morgan fingerprint density at radius 1 is 0.571 bits per heavy atom. The molecule has 2 rings (SSSR count). The lowest BCUT2D eigenvalue weighted by atomic mass is 10.3. The van der Waals surface area contributed by atoms with Crippen LogP contribution in [0, 0.1) is 0 Å². The van der Waals surface area contributed by atoms with E-state index in [1.165, 1.54) is 12.1 Å². The molecule has 0 saturated carbocycles. The number of rotatable bonds is 15. The zero-order valence-electron chi connectivity index (χ0n) is 15.7. The number of hydrogen-bond donors (Lipinski definition) is 0. The standard InChI is InChI=1S/C20H26O7S/c21-28(22,20-9-5-2-6-10-20)27-18-16-25-14-12-23-11-13-24-15-17-26-19-7-3-1-4-8-19/h1-10H,11-18H2. The van der Waals surface area contributed by atoms with E-state index in [4.69, 9.17) is 23.1 Å². The zero-order chi connectivity index (χ0) is 19.9. The minimum Gasteiger partial charge on any atom is -0.491 e. The molecule has 0 saturated heterocycles. The van der Waals surface area contributed by atoms with Crippen molar-refractivity contribution in [1.82, 2.24) is 0 Å². The van der Waals surface area contributed by atoms with Crippen molar-refractivity contribution in [2.75, 3.05) is 52.9 Å². The predicted molar refractivity (Wildman–Crippen MR) is 104 cm³/mol. The van der Waals surface area contributed by atoms with Gasteiger partial charge in [-0.05, 0) is 24.3 Å². The van der Waals surface area contributed by atoms with Gasteiger partial charge < -0.3 is 18.9 Å². The molecule has 0 aliphatic carbocycles. The zero-order valence-corrected chi connectivity index (χ0v) is 16.5. The quantitative estimate of drug-likeness (QED) is 0.330. The highest BCUT2D eigenvalue weighted by Crippen LogP contribution is 2.10. The minimum absolute atomic E-state index is 0.0399. The normalized spacial score (nSPS) is 11.4. The first kappa shape index (κ1) is 22.3. The number of hydrogen-bond acceptors (Lipinski definition) is 7. The van der Waals surface area contributed by atoms with E-state index < -0.39 is 10.1 Å². The van der Waals surface area contributed by atoms with Crippen molar-refractivity contribution in [2.24, 2.45) is 0 Å². The van der Waals surface area contributed by atoms with Gasteiger partial charge in [0.15, 0.2) is 0 Å². The highest BCUT2D eigenvalue weighted by molar-refractivity contribution is 7.86. The van der Waals surface area contributed by atoms with E-state index in [1.807, 2.05) is 30.3 Å². The van der Waals surface area contributed by atoms with Crippen LogP contribution in [0.5, 0.6) is 5.75 Å². The Kier molecular flexibility index (Phi) is 10.6. The van der Waals surface area contributed by atoms with Crippen molar-refractivity contribution in [3.05, 3.63) is 60.7 Å². The second-order valence-electron chi connectivity index (χ2n) is 5.59. The van der Waals surface area contributed by atoms with E-state index in [0.717, 1.165) is 5.75 Å². The fraction of sp³-hybridized carbons (Fsp3) is 0.400. The lowest BCUT2D eigenvalue weighted by Gasteiger charge is -2.08. The Balaban J connectivity index is 1.37. The van der Waals surface area contributed by atoms with Crippen molar-refractivity contribution in [3.8, 4) is 5.75 Å². The third-order valence-corrected chi connectivity index (χ3v) is 4.81. The van der Waals surface area contributed by atoms with Crippen molar-refractivity contribution >= 4 is 10.1 Å². The van der Waals surface area contributed by atoms with Crippen LogP contribution < -0.4 is 4.74 Å². The average molecular weight is 410 g/mol. The molecule has 0 radical (unpaired) electrons. The van der Waals surface area contributed by atoms with E-state index in [9.17, 15) is 8.42 Å². The van der Waals surface area contributed by atoms with Gasteiger partial charge in [0.1, 0.15) is 12.4 Å².